The number of nitrogens with zero attached hydrogens (tertiary/aromatic N) is 3. The van der Waals surface area contributed by atoms with Gasteiger partial charge in [0.05, 0.1) is 12.2 Å². The number of aliphatic hydroxyl groups is 1. The van der Waals surface area contributed by atoms with Crippen molar-refractivity contribution in [1.82, 2.24) is 14.9 Å². The third-order valence-electron chi connectivity index (χ3n) is 2.42. The Kier molecular flexibility index (Phi) is 5.31. The van der Waals surface area contributed by atoms with Crippen molar-refractivity contribution in [2.75, 3.05) is 44.8 Å². The van der Waals surface area contributed by atoms with Crippen LogP contribution >= 0.6 is 0 Å². The van der Waals surface area contributed by atoms with E-state index in [0.29, 0.717) is 37.1 Å². The lowest BCUT2D eigenvalue weighted by molar-refractivity contribution is 0.0459. The fourth-order valence-corrected chi connectivity index (χ4v) is 1.78. The van der Waals surface area contributed by atoms with Gasteiger partial charge in [-0.05, 0) is 27.9 Å². The summed E-state index contributed by atoms with van der Waals surface area (Å²) >= 11 is 0. The summed E-state index contributed by atoms with van der Waals surface area (Å²) in [6.07, 6.45) is 1.38. The molecule has 1 rings (SSSR count). The molecule has 1 atom stereocenters. The van der Waals surface area contributed by atoms with E-state index >= 15 is 0 Å². The minimum atomic E-state index is -0.882. The molecule has 0 aliphatic heterocycles. The zero-order chi connectivity index (χ0) is 14.5. The predicted molar refractivity (Wildman–Crippen MR) is 75.3 cm³/mol. The fourth-order valence-electron chi connectivity index (χ4n) is 1.78. The summed E-state index contributed by atoms with van der Waals surface area (Å²) in [6, 6.07) is 0. The molecule has 0 amide bonds. The second kappa shape index (κ2) is 6.53. The molecule has 1 heterocycles. The Morgan fingerprint density at radius 1 is 1.47 bits per heavy atom. The standard InChI is InChI=1S/C12H23N5O2/c1-5-19-11-9(13)10(15-8-16-11)14-6-12(2,18)7-17(3)4/h8,18H,5-7,13H2,1-4H3,(H,14,15,16). The largest absolute Gasteiger partial charge is 0.476 e. The molecule has 0 saturated carbocycles. The number of likely N-dealkylation sites (N-methyl/N-ethyl adjacent to an activating group) is 1. The maximum Gasteiger partial charge on any atom is 0.242 e. The second-order valence-corrected chi connectivity index (χ2v) is 4.96. The highest BCUT2D eigenvalue weighted by atomic mass is 16.5. The second-order valence-electron chi connectivity index (χ2n) is 4.96. The number of hydrogen-bond donors (Lipinski definition) is 3. The average Bonchev–Trinajstić information content (AvgIpc) is 2.29. The van der Waals surface area contributed by atoms with Crippen LogP contribution in [0.15, 0.2) is 6.33 Å². The van der Waals surface area contributed by atoms with Gasteiger partial charge in [0, 0.05) is 13.1 Å². The highest BCUT2D eigenvalue weighted by molar-refractivity contribution is 5.66. The van der Waals surface area contributed by atoms with Crippen LogP contribution in [0.3, 0.4) is 0 Å². The maximum absolute atomic E-state index is 10.2. The molecule has 0 radical (unpaired) electrons. The van der Waals surface area contributed by atoms with Crippen LogP contribution < -0.4 is 15.8 Å². The molecule has 0 aromatic carbocycles. The zero-order valence-electron chi connectivity index (χ0n) is 12.0. The minimum Gasteiger partial charge on any atom is -0.476 e. The van der Waals surface area contributed by atoms with Crippen LogP contribution in [0.25, 0.3) is 0 Å². The van der Waals surface area contributed by atoms with E-state index < -0.39 is 5.60 Å². The van der Waals surface area contributed by atoms with Gasteiger partial charge >= 0.3 is 0 Å². The Bertz CT molecular complexity index is 409. The van der Waals surface area contributed by atoms with E-state index in [1.807, 2.05) is 25.9 Å². The molecule has 108 valence electrons. The molecule has 0 spiro atoms. The molecule has 1 aromatic rings. The van der Waals surface area contributed by atoms with Crippen LogP contribution in [0.5, 0.6) is 5.88 Å². The molecule has 19 heavy (non-hydrogen) atoms. The molecule has 7 nitrogen and oxygen atoms in total. The molecule has 7 heteroatoms. The molecule has 4 N–H and O–H groups in total. The first-order valence-corrected chi connectivity index (χ1v) is 6.20. The van der Waals surface area contributed by atoms with Crippen LogP contribution in [-0.2, 0) is 0 Å². The van der Waals surface area contributed by atoms with Gasteiger partial charge in [-0.2, -0.15) is 4.98 Å². The summed E-state index contributed by atoms with van der Waals surface area (Å²) in [6.45, 7) is 4.96. The molecule has 0 bridgehead atoms. The van der Waals surface area contributed by atoms with E-state index in [9.17, 15) is 5.11 Å². The van der Waals surface area contributed by atoms with Gasteiger partial charge in [-0.1, -0.05) is 0 Å². The average molecular weight is 269 g/mol. The van der Waals surface area contributed by atoms with Crippen LogP contribution in [-0.4, -0.2) is 59.4 Å². The van der Waals surface area contributed by atoms with Crippen LogP contribution in [0.1, 0.15) is 13.8 Å². The minimum absolute atomic E-state index is 0.331. The van der Waals surface area contributed by atoms with Crippen LogP contribution in [0, 0.1) is 0 Å². The number of rotatable bonds is 7. The number of aromatic nitrogens is 2. The fraction of sp³-hybridized carbons (Fsp3) is 0.667. The molecule has 0 aliphatic carbocycles. The van der Waals surface area contributed by atoms with Crippen molar-refractivity contribution in [1.29, 1.82) is 0 Å². The summed E-state index contributed by atoms with van der Waals surface area (Å²) < 4.78 is 5.29. The summed E-state index contributed by atoms with van der Waals surface area (Å²) in [5, 5.41) is 13.2. The molecular formula is C12H23N5O2. The Labute approximate surface area is 113 Å². The van der Waals surface area contributed by atoms with E-state index in [1.54, 1.807) is 6.92 Å². The first-order valence-electron chi connectivity index (χ1n) is 6.20. The van der Waals surface area contributed by atoms with Gasteiger partial charge in [0.1, 0.15) is 12.0 Å². The first-order chi connectivity index (χ1) is 8.85. The van der Waals surface area contributed by atoms with Gasteiger partial charge in [0.15, 0.2) is 5.82 Å². The topological polar surface area (TPSA) is 96.5 Å². The van der Waals surface area contributed by atoms with Crippen molar-refractivity contribution in [3.63, 3.8) is 0 Å². The number of anilines is 2. The lowest BCUT2D eigenvalue weighted by atomic mass is 10.1. The van der Waals surface area contributed by atoms with Crippen molar-refractivity contribution < 1.29 is 9.84 Å². The Morgan fingerprint density at radius 3 is 2.74 bits per heavy atom. The lowest BCUT2D eigenvalue weighted by Gasteiger charge is -2.27. The molecular weight excluding hydrogens is 246 g/mol. The predicted octanol–water partition coefficient (Wildman–Crippen LogP) is 0.182. The van der Waals surface area contributed by atoms with Crippen molar-refractivity contribution >= 4 is 11.5 Å². The van der Waals surface area contributed by atoms with Crippen molar-refractivity contribution in [3.05, 3.63) is 6.33 Å². The molecule has 1 unspecified atom stereocenters. The van der Waals surface area contributed by atoms with Gasteiger partial charge in [0.25, 0.3) is 0 Å². The molecule has 0 saturated heterocycles. The monoisotopic (exact) mass is 269 g/mol. The van der Waals surface area contributed by atoms with Gasteiger partial charge in [-0.3, -0.25) is 0 Å². The molecule has 0 fully saturated rings. The lowest BCUT2D eigenvalue weighted by Crippen LogP contribution is -2.43. The zero-order valence-corrected chi connectivity index (χ0v) is 12.0. The van der Waals surface area contributed by atoms with Gasteiger partial charge < -0.3 is 25.8 Å². The Hall–Kier alpha value is -1.60. The van der Waals surface area contributed by atoms with E-state index in [1.165, 1.54) is 6.33 Å². The summed E-state index contributed by atoms with van der Waals surface area (Å²) in [5.41, 5.74) is 5.37. The summed E-state index contributed by atoms with van der Waals surface area (Å²) in [7, 11) is 3.81. The summed E-state index contributed by atoms with van der Waals surface area (Å²) in [4.78, 5) is 9.92. The van der Waals surface area contributed by atoms with E-state index in [0.717, 1.165) is 0 Å². The van der Waals surface area contributed by atoms with Crippen molar-refractivity contribution in [2.45, 2.75) is 19.4 Å². The van der Waals surface area contributed by atoms with Gasteiger partial charge in [-0.15, -0.1) is 0 Å². The number of nitrogens with one attached hydrogen (secondary N) is 1. The SMILES string of the molecule is CCOc1ncnc(NCC(C)(O)CN(C)C)c1N. The maximum atomic E-state index is 10.2. The van der Waals surface area contributed by atoms with E-state index in [-0.39, 0.29) is 0 Å². The number of ether oxygens (including phenoxy) is 1. The Morgan fingerprint density at radius 2 is 2.16 bits per heavy atom. The summed E-state index contributed by atoms with van der Waals surface area (Å²) in [5.74, 6) is 0.824. The number of nitrogen functional groups attached to an aromatic ring is 1. The number of hydrogen-bond acceptors (Lipinski definition) is 7. The highest BCUT2D eigenvalue weighted by Crippen LogP contribution is 2.24. The van der Waals surface area contributed by atoms with Crippen molar-refractivity contribution in [3.8, 4) is 5.88 Å². The first kappa shape index (κ1) is 15.5. The van der Waals surface area contributed by atoms with E-state index in [4.69, 9.17) is 10.5 Å². The van der Waals surface area contributed by atoms with E-state index in [2.05, 4.69) is 15.3 Å². The molecule has 1 aromatic heterocycles. The normalized spacial score (nSPS) is 14.2. The quantitative estimate of drug-likeness (QED) is 0.649. The Balaban J connectivity index is 2.70. The third kappa shape index (κ3) is 4.88. The molecule has 0 aliphatic rings. The highest BCUT2D eigenvalue weighted by Gasteiger charge is 2.22. The van der Waals surface area contributed by atoms with Crippen LogP contribution in [0.2, 0.25) is 0 Å². The smallest absolute Gasteiger partial charge is 0.242 e. The van der Waals surface area contributed by atoms with Crippen molar-refractivity contribution in [2.24, 2.45) is 0 Å². The third-order valence-corrected chi connectivity index (χ3v) is 2.42. The number of nitrogens with two attached hydrogens (primary N) is 1. The van der Waals surface area contributed by atoms with Crippen LogP contribution in [0.4, 0.5) is 11.5 Å². The van der Waals surface area contributed by atoms with Gasteiger partial charge in [-0.25, -0.2) is 4.98 Å². The van der Waals surface area contributed by atoms with Gasteiger partial charge in [0.2, 0.25) is 5.88 Å².